The Bertz CT molecular complexity index is 1110. The van der Waals surface area contributed by atoms with E-state index in [1.165, 1.54) is 7.11 Å². The third-order valence-corrected chi connectivity index (χ3v) is 7.69. The summed E-state index contributed by atoms with van der Waals surface area (Å²) in [5.41, 5.74) is 1.72. The van der Waals surface area contributed by atoms with Gasteiger partial charge >= 0.3 is 0 Å². The molecule has 1 aliphatic rings. The second-order valence-corrected chi connectivity index (χ2v) is 10.6. The minimum Gasteiger partial charge on any atom is -0.495 e. The first-order valence-electron chi connectivity index (χ1n) is 11.3. The predicted molar refractivity (Wildman–Crippen MR) is 130 cm³/mol. The number of sulfonamides is 1. The molecular weight excluding hydrogens is 440 g/mol. The molecule has 1 aliphatic heterocycles. The molecule has 8 heteroatoms. The molecule has 1 amide bonds. The number of methoxy groups -OCH3 is 1. The minimum absolute atomic E-state index is 0.286. The Labute approximate surface area is 197 Å². The molecule has 0 radical (unpaired) electrons. The average molecular weight is 475 g/mol. The van der Waals surface area contributed by atoms with E-state index in [1.807, 2.05) is 37.3 Å². The second-order valence-electron chi connectivity index (χ2n) is 8.71. The Kier molecular flexibility index (Phi) is 7.26. The number of hydrogen-bond acceptors (Lipinski definition) is 5. The van der Waals surface area contributed by atoms with E-state index in [2.05, 4.69) is 19.2 Å². The van der Waals surface area contributed by atoms with Gasteiger partial charge in [0.25, 0.3) is 0 Å². The molecule has 2 atom stereocenters. The highest BCUT2D eigenvalue weighted by molar-refractivity contribution is 7.92. The topological polar surface area (TPSA) is 84.9 Å². The summed E-state index contributed by atoms with van der Waals surface area (Å²) in [5.74, 6) is 0.760. The Hall–Kier alpha value is -2.74. The Morgan fingerprint density at radius 2 is 1.91 bits per heavy atom. The summed E-state index contributed by atoms with van der Waals surface area (Å²) < 4.78 is 38.5. The number of nitrogens with zero attached hydrogens (tertiary/aromatic N) is 1. The molecule has 0 spiro atoms. The number of fused-ring (bicyclic) bond motifs is 1. The van der Waals surface area contributed by atoms with Gasteiger partial charge in [-0.2, -0.15) is 0 Å². The second kappa shape index (κ2) is 9.63. The maximum Gasteiger partial charge on any atom is 0.244 e. The van der Waals surface area contributed by atoms with E-state index in [9.17, 15) is 13.2 Å². The van der Waals surface area contributed by atoms with Crippen LogP contribution in [0, 0.1) is 6.92 Å². The number of ether oxygens (including phenoxy) is 2. The van der Waals surface area contributed by atoms with Crippen molar-refractivity contribution in [1.29, 1.82) is 0 Å². The molecule has 0 unspecified atom stereocenters. The monoisotopic (exact) mass is 474 g/mol. The summed E-state index contributed by atoms with van der Waals surface area (Å²) >= 11 is 0. The first kappa shape index (κ1) is 24.9. The van der Waals surface area contributed by atoms with Crippen molar-refractivity contribution >= 4 is 21.6 Å². The molecular formula is C25H34N2O5S. The molecule has 0 aliphatic carbocycles. The number of aryl methyl sites for hydroxylation is 1. The van der Waals surface area contributed by atoms with Gasteiger partial charge in [-0.25, -0.2) is 8.42 Å². The van der Waals surface area contributed by atoms with Crippen LogP contribution in [-0.2, 0) is 14.8 Å². The first-order chi connectivity index (χ1) is 15.5. The molecule has 7 nitrogen and oxygen atoms in total. The van der Waals surface area contributed by atoms with Crippen LogP contribution < -0.4 is 19.1 Å². The third-order valence-electron chi connectivity index (χ3n) is 6.46. The van der Waals surface area contributed by atoms with Gasteiger partial charge < -0.3 is 14.8 Å². The fourth-order valence-corrected chi connectivity index (χ4v) is 5.65. The van der Waals surface area contributed by atoms with Gasteiger partial charge in [0, 0.05) is 12.0 Å². The fraction of sp³-hybridized carbons (Fsp3) is 0.480. The number of anilines is 1. The molecule has 0 aromatic heterocycles. The maximum absolute atomic E-state index is 13.5. The minimum atomic E-state index is -3.78. The predicted octanol–water partition coefficient (Wildman–Crippen LogP) is 4.36. The van der Waals surface area contributed by atoms with Crippen molar-refractivity contribution < 1.29 is 22.7 Å². The molecule has 1 N–H and O–H groups in total. The summed E-state index contributed by atoms with van der Waals surface area (Å²) in [4.78, 5) is 13.5. The normalized spacial score (nSPS) is 17.9. The number of benzene rings is 2. The molecule has 0 fully saturated rings. The summed E-state index contributed by atoms with van der Waals surface area (Å²) in [7, 11) is -2.30. The first-order valence-corrected chi connectivity index (χ1v) is 13.1. The van der Waals surface area contributed by atoms with Crippen LogP contribution in [0.25, 0.3) is 0 Å². The quantitative estimate of drug-likeness (QED) is 0.615. The third kappa shape index (κ3) is 5.11. The standard InChI is InChI=1S/C25H34N2O5S/c1-7-25(8-2)16-20(19-11-9-10-12-22(19)32-25)26-24(28)18(4)27(33(6,29)30)21-15-17(3)13-14-23(21)31-5/h9-15,18,20H,7-8,16H2,1-6H3,(H,26,28)/t18-,20+/m1/s1. The molecule has 180 valence electrons. The number of nitrogens with one attached hydrogen (secondary N) is 1. The smallest absolute Gasteiger partial charge is 0.244 e. The van der Waals surface area contributed by atoms with Crippen LogP contribution in [0.4, 0.5) is 5.69 Å². The summed E-state index contributed by atoms with van der Waals surface area (Å²) in [6.45, 7) is 7.61. The van der Waals surface area contributed by atoms with Crippen LogP contribution in [0.15, 0.2) is 42.5 Å². The van der Waals surface area contributed by atoms with Gasteiger partial charge in [-0.05, 0) is 50.5 Å². The van der Waals surface area contributed by atoms with Gasteiger partial charge in [0.05, 0.1) is 25.1 Å². The van der Waals surface area contributed by atoms with Gasteiger partial charge in [-0.3, -0.25) is 9.10 Å². The Morgan fingerprint density at radius 3 is 2.52 bits per heavy atom. The molecule has 0 saturated heterocycles. The molecule has 33 heavy (non-hydrogen) atoms. The molecule has 2 aromatic rings. The lowest BCUT2D eigenvalue weighted by Crippen LogP contribution is -2.51. The van der Waals surface area contributed by atoms with Crippen molar-refractivity contribution in [3.05, 3.63) is 53.6 Å². The Balaban J connectivity index is 1.96. The molecule has 0 bridgehead atoms. The highest BCUT2D eigenvalue weighted by Gasteiger charge is 2.40. The fourth-order valence-electron chi connectivity index (χ4n) is 4.48. The maximum atomic E-state index is 13.5. The van der Waals surface area contributed by atoms with Crippen LogP contribution in [0.5, 0.6) is 11.5 Å². The Morgan fingerprint density at radius 1 is 1.24 bits per heavy atom. The number of hydrogen-bond donors (Lipinski definition) is 1. The van der Waals surface area contributed by atoms with Crippen LogP contribution in [0.1, 0.15) is 57.2 Å². The summed E-state index contributed by atoms with van der Waals surface area (Å²) in [5, 5.41) is 3.11. The largest absolute Gasteiger partial charge is 0.495 e. The van der Waals surface area contributed by atoms with Gasteiger partial charge in [-0.15, -0.1) is 0 Å². The summed E-state index contributed by atoms with van der Waals surface area (Å²) in [6, 6.07) is 11.7. The highest BCUT2D eigenvalue weighted by atomic mass is 32.2. The highest BCUT2D eigenvalue weighted by Crippen LogP contribution is 2.43. The molecule has 2 aromatic carbocycles. The van der Waals surface area contributed by atoms with Crippen molar-refractivity contribution in [1.82, 2.24) is 5.32 Å². The van der Waals surface area contributed by atoms with Crippen LogP contribution in [0.3, 0.4) is 0 Å². The number of para-hydroxylation sites is 1. The number of carbonyl (C=O) groups is 1. The lowest BCUT2D eigenvalue weighted by Gasteiger charge is -2.42. The van der Waals surface area contributed by atoms with Gasteiger partial charge in [0.15, 0.2) is 0 Å². The van der Waals surface area contributed by atoms with E-state index in [0.717, 1.165) is 40.3 Å². The molecule has 0 saturated carbocycles. The van der Waals surface area contributed by atoms with Crippen molar-refractivity contribution in [3.8, 4) is 11.5 Å². The van der Waals surface area contributed by atoms with E-state index < -0.39 is 16.1 Å². The van der Waals surface area contributed by atoms with Crippen molar-refractivity contribution in [2.24, 2.45) is 0 Å². The zero-order chi connectivity index (χ0) is 24.4. The lowest BCUT2D eigenvalue weighted by molar-refractivity contribution is -0.123. The SMILES string of the molecule is CCC1(CC)C[C@H](NC(=O)[C@@H](C)N(c2cc(C)ccc2OC)S(C)(=O)=O)c2ccccc2O1. The summed E-state index contributed by atoms with van der Waals surface area (Å²) in [6.07, 6.45) is 3.31. The van der Waals surface area contributed by atoms with Gasteiger partial charge in [0.1, 0.15) is 23.1 Å². The average Bonchev–Trinajstić information content (AvgIpc) is 2.78. The number of rotatable bonds is 8. The zero-order valence-corrected chi connectivity index (χ0v) is 21.0. The van der Waals surface area contributed by atoms with E-state index in [4.69, 9.17) is 9.47 Å². The van der Waals surface area contributed by atoms with E-state index in [1.54, 1.807) is 19.1 Å². The van der Waals surface area contributed by atoms with Crippen LogP contribution in [-0.4, -0.2) is 39.3 Å². The van der Waals surface area contributed by atoms with E-state index >= 15 is 0 Å². The van der Waals surface area contributed by atoms with Gasteiger partial charge in [0.2, 0.25) is 15.9 Å². The van der Waals surface area contributed by atoms with E-state index in [0.29, 0.717) is 17.9 Å². The van der Waals surface area contributed by atoms with Gasteiger partial charge in [-0.1, -0.05) is 38.1 Å². The number of amides is 1. The van der Waals surface area contributed by atoms with Crippen LogP contribution >= 0.6 is 0 Å². The van der Waals surface area contributed by atoms with Crippen molar-refractivity contribution in [2.45, 2.75) is 64.6 Å². The van der Waals surface area contributed by atoms with Crippen LogP contribution in [0.2, 0.25) is 0 Å². The van der Waals surface area contributed by atoms with Crippen molar-refractivity contribution in [2.75, 3.05) is 17.7 Å². The van der Waals surface area contributed by atoms with E-state index in [-0.39, 0.29) is 17.6 Å². The lowest BCUT2D eigenvalue weighted by atomic mass is 9.83. The number of carbonyl (C=O) groups excluding carboxylic acids is 1. The van der Waals surface area contributed by atoms with Crippen molar-refractivity contribution in [3.63, 3.8) is 0 Å². The molecule has 1 heterocycles. The molecule has 3 rings (SSSR count). The zero-order valence-electron chi connectivity index (χ0n) is 20.2.